The van der Waals surface area contributed by atoms with Gasteiger partial charge in [0.15, 0.2) is 11.5 Å². The highest BCUT2D eigenvalue weighted by atomic mass is 16.5. The van der Waals surface area contributed by atoms with Crippen molar-refractivity contribution in [2.24, 2.45) is 5.73 Å². The number of hydrogen-bond donors (Lipinski definition) is 1. The molecule has 0 aliphatic carbocycles. The van der Waals surface area contributed by atoms with Crippen LogP contribution in [0, 0.1) is 0 Å². The van der Waals surface area contributed by atoms with Crippen LogP contribution in [0.5, 0.6) is 17.2 Å². The predicted octanol–water partition coefficient (Wildman–Crippen LogP) is 1.13. The molecule has 0 bridgehead atoms. The molecule has 6 heteroatoms. The van der Waals surface area contributed by atoms with Crippen LogP contribution in [0.4, 0.5) is 0 Å². The second kappa shape index (κ2) is 7.59. The van der Waals surface area contributed by atoms with Crippen molar-refractivity contribution in [1.29, 1.82) is 0 Å². The average molecular weight is 282 g/mol. The lowest BCUT2D eigenvalue weighted by molar-refractivity contribution is 0.0790. The summed E-state index contributed by atoms with van der Waals surface area (Å²) in [4.78, 5) is 14.0. The first-order valence-corrected chi connectivity index (χ1v) is 6.34. The van der Waals surface area contributed by atoms with Crippen molar-refractivity contribution in [2.45, 2.75) is 6.42 Å². The number of carbonyl (C=O) groups is 1. The van der Waals surface area contributed by atoms with Gasteiger partial charge in [-0.05, 0) is 13.0 Å². The smallest absolute Gasteiger partial charge is 0.257 e. The lowest BCUT2D eigenvalue weighted by Gasteiger charge is -2.19. The van der Waals surface area contributed by atoms with E-state index in [1.165, 1.54) is 21.3 Å². The zero-order chi connectivity index (χ0) is 15.1. The van der Waals surface area contributed by atoms with Gasteiger partial charge in [0, 0.05) is 25.7 Å². The number of benzene rings is 1. The van der Waals surface area contributed by atoms with Gasteiger partial charge < -0.3 is 24.8 Å². The zero-order valence-electron chi connectivity index (χ0n) is 12.4. The Morgan fingerprint density at radius 3 is 2.15 bits per heavy atom. The summed E-state index contributed by atoms with van der Waals surface area (Å²) in [5.74, 6) is 1.32. The SMILES string of the molecule is COc1cc(OC)c(C(=O)N(C)CCCN)cc1OC. The van der Waals surface area contributed by atoms with Crippen LogP contribution < -0.4 is 19.9 Å². The Morgan fingerprint density at radius 2 is 1.65 bits per heavy atom. The molecule has 1 amide bonds. The van der Waals surface area contributed by atoms with Gasteiger partial charge in [0.2, 0.25) is 0 Å². The van der Waals surface area contributed by atoms with Crippen LogP contribution in [0.2, 0.25) is 0 Å². The molecule has 0 radical (unpaired) electrons. The van der Waals surface area contributed by atoms with Crippen molar-refractivity contribution in [3.8, 4) is 17.2 Å². The first kappa shape index (κ1) is 16.1. The number of nitrogens with zero attached hydrogens (tertiary/aromatic N) is 1. The van der Waals surface area contributed by atoms with Crippen molar-refractivity contribution >= 4 is 5.91 Å². The molecule has 1 rings (SSSR count). The number of nitrogens with two attached hydrogens (primary N) is 1. The predicted molar refractivity (Wildman–Crippen MR) is 76.7 cm³/mol. The van der Waals surface area contributed by atoms with Crippen molar-refractivity contribution in [1.82, 2.24) is 4.90 Å². The molecule has 0 unspecified atom stereocenters. The highest BCUT2D eigenvalue weighted by Crippen LogP contribution is 2.35. The molecule has 0 aromatic heterocycles. The highest BCUT2D eigenvalue weighted by molar-refractivity contribution is 5.97. The van der Waals surface area contributed by atoms with Crippen LogP contribution in [-0.2, 0) is 0 Å². The zero-order valence-corrected chi connectivity index (χ0v) is 12.4. The summed E-state index contributed by atoms with van der Waals surface area (Å²) < 4.78 is 15.7. The molecule has 0 saturated carbocycles. The van der Waals surface area contributed by atoms with Gasteiger partial charge in [-0.25, -0.2) is 0 Å². The van der Waals surface area contributed by atoms with Crippen LogP contribution in [0.3, 0.4) is 0 Å². The fourth-order valence-corrected chi connectivity index (χ4v) is 1.83. The number of rotatable bonds is 7. The molecule has 6 nitrogen and oxygen atoms in total. The summed E-state index contributed by atoms with van der Waals surface area (Å²) in [5.41, 5.74) is 5.89. The molecule has 0 aliphatic rings. The van der Waals surface area contributed by atoms with Crippen LogP contribution in [0.15, 0.2) is 12.1 Å². The molecule has 0 saturated heterocycles. The maximum atomic E-state index is 12.4. The Kier molecular flexibility index (Phi) is 6.11. The van der Waals surface area contributed by atoms with E-state index in [2.05, 4.69) is 0 Å². The van der Waals surface area contributed by atoms with Crippen LogP contribution in [0.25, 0.3) is 0 Å². The van der Waals surface area contributed by atoms with Gasteiger partial charge >= 0.3 is 0 Å². The maximum absolute atomic E-state index is 12.4. The molecule has 0 atom stereocenters. The Bertz CT molecular complexity index is 463. The van der Waals surface area contributed by atoms with E-state index in [4.69, 9.17) is 19.9 Å². The molecule has 1 aromatic carbocycles. The van der Waals surface area contributed by atoms with E-state index in [0.717, 1.165) is 6.42 Å². The standard InChI is InChI=1S/C14H22N2O4/c1-16(7-5-6-15)14(17)10-8-12(19-3)13(20-4)9-11(10)18-2/h8-9H,5-7,15H2,1-4H3. The Balaban J connectivity index is 3.12. The molecule has 1 aromatic rings. The molecule has 0 spiro atoms. The number of hydrogen-bond acceptors (Lipinski definition) is 5. The van der Waals surface area contributed by atoms with Gasteiger partial charge in [-0.1, -0.05) is 0 Å². The molecule has 2 N–H and O–H groups in total. The second-order valence-electron chi connectivity index (χ2n) is 4.28. The quantitative estimate of drug-likeness (QED) is 0.811. The van der Waals surface area contributed by atoms with Gasteiger partial charge in [0.25, 0.3) is 5.91 Å². The third kappa shape index (κ3) is 3.54. The van der Waals surface area contributed by atoms with E-state index in [9.17, 15) is 4.79 Å². The largest absolute Gasteiger partial charge is 0.496 e. The first-order valence-electron chi connectivity index (χ1n) is 6.34. The van der Waals surface area contributed by atoms with Gasteiger partial charge in [-0.3, -0.25) is 4.79 Å². The van der Waals surface area contributed by atoms with E-state index in [1.807, 2.05) is 0 Å². The lowest BCUT2D eigenvalue weighted by Crippen LogP contribution is -2.29. The third-order valence-electron chi connectivity index (χ3n) is 2.98. The number of amides is 1. The van der Waals surface area contributed by atoms with E-state index in [1.54, 1.807) is 24.1 Å². The molecule has 0 heterocycles. The molecule has 20 heavy (non-hydrogen) atoms. The summed E-state index contributed by atoms with van der Waals surface area (Å²) in [7, 11) is 6.30. The average Bonchev–Trinajstić information content (AvgIpc) is 2.50. The van der Waals surface area contributed by atoms with E-state index >= 15 is 0 Å². The number of methoxy groups -OCH3 is 3. The Labute approximate surface area is 119 Å². The van der Waals surface area contributed by atoms with Gasteiger partial charge in [-0.15, -0.1) is 0 Å². The number of carbonyl (C=O) groups excluding carboxylic acids is 1. The third-order valence-corrected chi connectivity index (χ3v) is 2.98. The fourth-order valence-electron chi connectivity index (χ4n) is 1.83. The molecular weight excluding hydrogens is 260 g/mol. The summed E-state index contributed by atoms with van der Waals surface area (Å²) in [6.07, 6.45) is 0.748. The van der Waals surface area contributed by atoms with Gasteiger partial charge in [-0.2, -0.15) is 0 Å². The second-order valence-corrected chi connectivity index (χ2v) is 4.28. The van der Waals surface area contributed by atoms with Crippen LogP contribution >= 0.6 is 0 Å². The molecular formula is C14H22N2O4. The number of ether oxygens (including phenoxy) is 3. The topological polar surface area (TPSA) is 74.0 Å². The monoisotopic (exact) mass is 282 g/mol. The summed E-state index contributed by atoms with van der Waals surface area (Å²) in [6.45, 7) is 1.13. The Morgan fingerprint density at radius 1 is 1.10 bits per heavy atom. The van der Waals surface area contributed by atoms with Gasteiger partial charge in [0.05, 0.1) is 26.9 Å². The van der Waals surface area contributed by atoms with E-state index in [-0.39, 0.29) is 5.91 Å². The molecule has 0 aliphatic heterocycles. The highest BCUT2D eigenvalue weighted by Gasteiger charge is 2.20. The van der Waals surface area contributed by atoms with Crippen molar-refractivity contribution in [2.75, 3.05) is 41.5 Å². The minimum absolute atomic E-state index is 0.142. The minimum atomic E-state index is -0.142. The van der Waals surface area contributed by atoms with Crippen molar-refractivity contribution in [3.05, 3.63) is 17.7 Å². The molecule has 112 valence electrons. The summed E-state index contributed by atoms with van der Waals surface area (Å²) in [5, 5.41) is 0. The van der Waals surface area contributed by atoms with Crippen molar-refractivity contribution in [3.63, 3.8) is 0 Å². The lowest BCUT2D eigenvalue weighted by atomic mass is 10.1. The van der Waals surface area contributed by atoms with Crippen LogP contribution in [-0.4, -0.2) is 52.3 Å². The molecule has 0 fully saturated rings. The summed E-state index contributed by atoms with van der Waals surface area (Å²) >= 11 is 0. The van der Waals surface area contributed by atoms with E-state index < -0.39 is 0 Å². The maximum Gasteiger partial charge on any atom is 0.257 e. The van der Waals surface area contributed by atoms with E-state index in [0.29, 0.717) is 35.9 Å². The fraction of sp³-hybridized carbons (Fsp3) is 0.500. The normalized spacial score (nSPS) is 10.1. The summed E-state index contributed by atoms with van der Waals surface area (Å²) in [6, 6.07) is 3.27. The minimum Gasteiger partial charge on any atom is -0.496 e. The first-order chi connectivity index (χ1) is 9.58. The Hall–Kier alpha value is -1.95. The van der Waals surface area contributed by atoms with Crippen LogP contribution in [0.1, 0.15) is 16.8 Å². The van der Waals surface area contributed by atoms with Crippen molar-refractivity contribution < 1.29 is 19.0 Å². The van der Waals surface area contributed by atoms with Gasteiger partial charge in [0.1, 0.15) is 5.75 Å².